The average Bonchev–Trinajstić information content (AvgIpc) is 2.58. The zero-order valence-electron chi connectivity index (χ0n) is 14.1. The molecule has 3 rings (SSSR count). The lowest BCUT2D eigenvalue weighted by atomic mass is 10.1. The molecule has 1 aliphatic rings. The van der Waals surface area contributed by atoms with E-state index in [1.54, 1.807) is 14.2 Å². The monoisotopic (exact) mass is 345 g/mol. The lowest BCUT2D eigenvalue weighted by molar-refractivity contribution is -0.113. The maximum Gasteiger partial charge on any atom is 0.234 e. The molecule has 0 saturated carbocycles. The summed E-state index contributed by atoms with van der Waals surface area (Å²) in [4.78, 5) is 12.6. The first-order valence-electron chi connectivity index (χ1n) is 7.50. The average molecular weight is 345 g/mol. The van der Waals surface area contributed by atoms with Gasteiger partial charge in [-0.25, -0.2) is 0 Å². The summed E-state index contributed by atoms with van der Waals surface area (Å²) in [5.41, 5.74) is 2.68. The molecule has 2 aromatic rings. The fourth-order valence-electron chi connectivity index (χ4n) is 2.57. The predicted molar refractivity (Wildman–Crippen MR) is 94.9 cm³/mol. The molecule has 5 nitrogen and oxygen atoms in total. The van der Waals surface area contributed by atoms with Gasteiger partial charge in [0.05, 0.1) is 24.9 Å². The maximum absolute atomic E-state index is 11.7. The van der Waals surface area contributed by atoms with Gasteiger partial charge in [0.25, 0.3) is 0 Å². The lowest BCUT2D eigenvalue weighted by Crippen LogP contribution is -2.20. The van der Waals surface area contributed by atoms with Crippen LogP contribution in [0.1, 0.15) is 11.1 Å². The molecule has 0 saturated heterocycles. The molecule has 0 aromatic heterocycles. The second kappa shape index (κ2) is 6.65. The van der Waals surface area contributed by atoms with Gasteiger partial charge in [-0.1, -0.05) is 6.07 Å². The molecule has 1 heterocycles. The number of carbonyl (C=O) groups excluding carboxylic acids is 1. The SMILES string of the molecule is COc1cc(C)ccc1Oc1c(C)cc(OC)c2c1SCC(=O)N2. The highest BCUT2D eigenvalue weighted by Gasteiger charge is 2.26. The number of methoxy groups -OCH3 is 2. The summed E-state index contributed by atoms with van der Waals surface area (Å²) < 4.78 is 17.0. The molecule has 0 unspecified atom stereocenters. The van der Waals surface area contributed by atoms with E-state index < -0.39 is 0 Å². The Kier molecular flexibility index (Phi) is 4.57. The highest BCUT2D eigenvalue weighted by molar-refractivity contribution is 8.00. The number of hydrogen-bond acceptors (Lipinski definition) is 5. The van der Waals surface area contributed by atoms with Gasteiger partial charge in [0.2, 0.25) is 5.91 Å². The van der Waals surface area contributed by atoms with Crippen molar-refractivity contribution in [3.8, 4) is 23.0 Å². The molecule has 6 heteroatoms. The minimum atomic E-state index is -0.0477. The summed E-state index contributed by atoms with van der Waals surface area (Å²) >= 11 is 1.45. The zero-order valence-corrected chi connectivity index (χ0v) is 14.9. The van der Waals surface area contributed by atoms with Crippen LogP contribution in [-0.2, 0) is 4.79 Å². The van der Waals surface area contributed by atoms with Crippen molar-refractivity contribution >= 4 is 23.4 Å². The van der Waals surface area contributed by atoms with Crippen LogP contribution >= 0.6 is 11.8 Å². The molecule has 0 atom stereocenters. The number of anilines is 1. The molecule has 0 radical (unpaired) electrons. The van der Waals surface area contributed by atoms with Crippen molar-refractivity contribution in [1.82, 2.24) is 0 Å². The van der Waals surface area contributed by atoms with Crippen LogP contribution in [0.5, 0.6) is 23.0 Å². The van der Waals surface area contributed by atoms with Crippen LogP contribution in [0.4, 0.5) is 5.69 Å². The summed E-state index contributed by atoms with van der Waals surface area (Å²) in [5, 5.41) is 2.87. The molecule has 1 N–H and O–H groups in total. The molecule has 0 fully saturated rings. The first-order valence-corrected chi connectivity index (χ1v) is 8.48. The maximum atomic E-state index is 11.7. The highest BCUT2D eigenvalue weighted by atomic mass is 32.2. The fraction of sp³-hybridized carbons (Fsp3) is 0.278. The number of fused-ring (bicyclic) bond motifs is 1. The summed E-state index contributed by atoms with van der Waals surface area (Å²) in [5.74, 6) is 2.94. The summed E-state index contributed by atoms with van der Waals surface area (Å²) in [6.45, 7) is 3.95. The third kappa shape index (κ3) is 3.01. The summed E-state index contributed by atoms with van der Waals surface area (Å²) in [7, 11) is 3.21. The normalized spacial score (nSPS) is 13.1. The third-order valence-electron chi connectivity index (χ3n) is 3.75. The minimum Gasteiger partial charge on any atom is -0.495 e. The number of carbonyl (C=O) groups is 1. The van der Waals surface area contributed by atoms with Gasteiger partial charge < -0.3 is 19.5 Å². The van der Waals surface area contributed by atoms with Gasteiger partial charge in [-0.05, 0) is 43.2 Å². The Morgan fingerprint density at radius 1 is 1.04 bits per heavy atom. The van der Waals surface area contributed by atoms with Crippen molar-refractivity contribution < 1.29 is 19.0 Å². The van der Waals surface area contributed by atoms with E-state index in [2.05, 4.69) is 5.32 Å². The van der Waals surface area contributed by atoms with Gasteiger partial charge in [-0.2, -0.15) is 0 Å². The van der Waals surface area contributed by atoms with Crippen LogP contribution in [-0.4, -0.2) is 25.9 Å². The molecule has 1 aliphatic heterocycles. The van der Waals surface area contributed by atoms with Gasteiger partial charge in [0.1, 0.15) is 17.2 Å². The van der Waals surface area contributed by atoms with E-state index in [1.165, 1.54) is 11.8 Å². The summed E-state index contributed by atoms with van der Waals surface area (Å²) in [6, 6.07) is 7.64. The molecule has 126 valence electrons. The predicted octanol–water partition coefficient (Wildman–Crippen LogP) is 4.16. The van der Waals surface area contributed by atoms with E-state index >= 15 is 0 Å². The van der Waals surface area contributed by atoms with E-state index in [1.807, 2.05) is 38.1 Å². The van der Waals surface area contributed by atoms with E-state index in [0.717, 1.165) is 16.0 Å². The molecular formula is C18H19NO4S. The van der Waals surface area contributed by atoms with Crippen molar-refractivity contribution in [2.45, 2.75) is 18.7 Å². The van der Waals surface area contributed by atoms with Crippen molar-refractivity contribution in [2.75, 3.05) is 25.3 Å². The standard InChI is InChI=1S/C18H19NO4S/c1-10-5-6-12(13(7-10)21-3)23-17-11(2)8-14(22-4)16-18(17)24-9-15(20)19-16/h5-8H,9H2,1-4H3,(H,19,20). The molecule has 1 amide bonds. The number of rotatable bonds is 4. The molecule has 24 heavy (non-hydrogen) atoms. The van der Waals surface area contributed by atoms with E-state index in [9.17, 15) is 4.79 Å². The van der Waals surface area contributed by atoms with Crippen LogP contribution in [0.25, 0.3) is 0 Å². The van der Waals surface area contributed by atoms with Gasteiger partial charge >= 0.3 is 0 Å². The van der Waals surface area contributed by atoms with Crippen molar-refractivity contribution in [3.63, 3.8) is 0 Å². The smallest absolute Gasteiger partial charge is 0.234 e. The molecule has 2 aromatic carbocycles. The van der Waals surface area contributed by atoms with Crippen LogP contribution in [0.15, 0.2) is 29.2 Å². The highest BCUT2D eigenvalue weighted by Crippen LogP contribution is 2.48. The number of thioether (sulfide) groups is 1. The largest absolute Gasteiger partial charge is 0.495 e. The van der Waals surface area contributed by atoms with Crippen molar-refractivity contribution in [2.24, 2.45) is 0 Å². The van der Waals surface area contributed by atoms with Crippen molar-refractivity contribution in [1.29, 1.82) is 0 Å². The van der Waals surface area contributed by atoms with E-state index in [0.29, 0.717) is 34.4 Å². The Hall–Kier alpha value is -2.34. The number of benzene rings is 2. The topological polar surface area (TPSA) is 56.8 Å². The Balaban J connectivity index is 2.09. The molecule has 0 spiro atoms. The molecule has 0 aliphatic carbocycles. The van der Waals surface area contributed by atoms with Gasteiger partial charge in [0.15, 0.2) is 11.5 Å². The Morgan fingerprint density at radius 2 is 1.79 bits per heavy atom. The molecule has 0 bridgehead atoms. The van der Waals surface area contributed by atoms with Gasteiger partial charge in [-0.3, -0.25) is 4.79 Å². The number of amides is 1. The zero-order chi connectivity index (χ0) is 17.3. The van der Waals surface area contributed by atoms with E-state index in [4.69, 9.17) is 14.2 Å². The number of hydrogen-bond donors (Lipinski definition) is 1. The quantitative estimate of drug-likeness (QED) is 0.902. The van der Waals surface area contributed by atoms with Crippen LogP contribution in [0.3, 0.4) is 0 Å². The van der Waals surface area contributed by atoms with Crippen molar-refractivity contribution in [3.05, 3.63) is 35.4 Å². The minimum absolute atomic E-state index is 0.0477. The Morgan fingerprint density at radius 3 is 2.50 bits per heavy atom. The lowest BCUT2D eigenvalue weighted by Gasteiger charge is -2.24. The second-order valence-corrected chi connectivity index (χ2v) is 6.51. The van der Waals surface area contributed by atoms with Crippen LogP contribution in [0, 0.1) is 13.8 Å². The van der Waals surface area contributed by atoms with Gasteiger partial charge in [-0.15, -0.1) is 11.8 Å². The number of nitrogens with one attached hydrogen (secondary N) is 1. The van der Waals surface area contributed by atoms with Crippen LogP contribution < -0.4 is 19.5 Å². The first-order chi connectivity index (χ1) is 11.5. The molecular weight excluding hydrogens is 326 g/mol. The third-order valence-corrected chi connectivity index (χ3v) is 4.83. The number of aryl methyl sites for hydroxylation is 2. The number of ether oxygens (including phenoxy) is 3. The Labute approximate surface area is 145 Å². The summed E-state index contributed by atoms with van der Waals surface area (Å²) in [6.07, 6.45) is 0. The second-order valence-electron chi connectivity index (χ2n) is 5.52. The first kappa shape index (κ1) is 16.5. The van der Waals surface area contributed by atoms with Crippen LogP contribution in [0.2, 0.25) is 0 Å². The fourth-order valence-corrected chi connectivity index (χ4v) is 3.54. The van der Waals surface area contributed by atoms with Gasteiger partial charge in [0, 0.05) is 0 Å². The Bertz CT molecular complexity index is 804. The van der Waals surface area contributed by atoms with E-state index in [-0.39, 0.29) is 5.91 Å².